The van der Waals surface area contributed by atoms with Gasteiger partial charge in [0.2, 0.25) is 5.54 Å². The molecule has 1 aliphatic rings. The Morgan fingerprint density at radius 3 is 2.36 bits per heavy atom. The van der Waals surface area contributed by atoms with Gasteiger partial charge in [-0.05, 0) is 57.7 Å². The van der Waals surface area contributed by atoms with E-state index in [2.05, 4.69) is 5.92 Å². The van der Waals surface area contributed by atoms with Gasteiger partial charge in [-0.3, -0.25) is 9.69 Å². The van der Waals surface area contributed by atoms with Crippen molar-refractivity contribution < 1.29 is 19.4 Å². The van der Waals surface area contributed by atoms with Gasteiger partial charge in [0.1, 0.15) is 11.4 Å². The fourth-order valence-corrected chi connectivity index (χ4v) is 3.39. The van der Waals surface area contributed by atoms with Crippen molar-refractivity contribution in [2.45, 2.75) is 57.6 Å². The van der Waals surface area contributed by atoms with Crippen LogP contribution in [0.2, 0.25) is 5.02 Å². The summed E-state index contributed by atoms with van der Waals surface area (Å²) in [6.07, 6.45) is 7.67. The minimum Gasteiger partial charge on any atom is -0.563 e. The maximum absolute atomic E-state index is 12.4. The van der Waals surface area contributed by atoms with Crippen molar-refractivity contribution in [2.24, 2.45) is 0 Å². The summed E-state index contributed by atoms with van der Waals surface area (Å²) < 4.78 is 5.77. The second-order valence-corrected chi connectivity index (χ2v) is 7.59. The average molecular weight is 365 g/mol. The quantitative estimate of drug-likeness (QED) is 0.609. The number of halogens is 1. The van der Waals surface area contributed by atoms with Crippen LogP contribution in [-0.4, -0.2) is 28.1 Å². The van der Waals surface area contributed by atoms with E-state index in [1.165, 1.54) is 4.90 Å². The second-order valence-electron chi connectivity index (χ2n) is 7.18. The number of anilines is 1. The van der Waals surface area contributed by atoms with Crippen LogP contribution >= 0.6 is 11.6 Å². The van der Waals surface area contributed by atoms with E-state index in [0.717, 1.165) is 12.8 Å². The highest BCUT2D eigenvalue weighted by Crippen LogP contribution is 2.41. The topological polar surface area (TPSA) is 69.5 Å². The molecule has 1 amide bonds. The molecule has 1 saturated carbocycles. The lowest BCUT2D eigenvalue weighted by molar-refractivity contribution is -0.144. The minimum absolute atomic E-state index is 0.313. The number of terminal acetylenes is 1. The Kier molecular flexibility index (Phi) is 5.34. The molecule has 0 atom stereocenters. The summed E-state index contributed by atoms with van der Waals surface area (Å²) in [5.74, 6) is 1.09. The Morgan fingerprint density at radius 2 is 1.92 bits per heavy atom. The van der Waals surface area contributed by atoms with Crippen LogP contribution in [0.5, 0.6) is 5.75 Å². The first kappa shape index (κ1) is 19.1. The number of ether oxygens (including phenoxy) is 1. The van der Waals surface area contributed by atoms with Gasteiger partial charge < -0.3 is 9.84 Å². The van der Waals surface area contributed by atoms with Crippen molar-refractivity contribution in [3.05, 3.63) is 23.2 Å². The van der Waals surface area contributed by atoms with Gasteiger partial charge in [0, 0.05) is 10.5 Å². The lowest BCUT2D eigenvalue weighted by atomic mass is 9.94. The lowest BCUT2D eigenvalue weighted by Gasteiger charge is -2.34. The van der Waals surface area contributed by atoms with E-state index in [-0.39, 0.29) is 0 Å². The fraction of sp³-hybridized carbons (Fsp3) is 0.474. The van der Waals surface area contributed by atoms with Gasteiger partial charge in [-0.15, -0.1) is 6.42 Å². The number of carbonyl (C=O) groups excluding carboxylic acids is 2. The van der Waals surface area contributed by atoms with E-state index in [9.17, 15) is 9.59 Å². The largest absolute Gasteiger partial charge is 0.563 e. The Labute approximate surface area is 152 Å². The van der Waals surface area contributed by atoms with E-state index in [1.54, 1.807) is 18.2 Å². The monoisotopic (exact) mass is 364 g/mol. The van der Waals surface area contributed by atoms with Crippen molar-refractivity contribution in [1.29, 1.82) is 0 Å². The summed E-state index contributed by atoms with van der Waals surface area (Å²) in [5, 5.41) is 8.04. The SMILES string of the molecule is C#CC(=O)N(c1ccc(OC(C)(C)C)c(Cl)c1)C1(C(=O)[OH2+])CCCC1. The molecular weight excluding hydrogens is 342 g/mol. The first-order valence-electron chi connectivity index (χ1n) is 8.16. The van der Waals surface area contributed by atoms with Crippen LogP contribution in [0.4, 0.5) is 5.69 Å². The van der Waals surface area contributed by atoms with Gasteiger partial charge in [-0.1, -0.05) is 24.4 Å². The number of carbonyl (C=O) groups is 2. The molecule has 1 fully saturated rings. The van der Waals surface area contributed by atoms with Gasteiger partial charge >= 0.3 is 11.9 Å². The van der Waals surface area contributed by atoms with Gasteiger partial charge in [0.25, 0.3) is 0 Å². The van der Waals surface area contributed by atoms with E-state index in [4.69, 9.17) is 27.9 Å². The van der Waals surface area contributed by atoms with Crippen LogP contribution < -0.4 is 9.64 Å². The van der Waals surface area contributed by atoms with Crippen LogP contribution in [0.1, 0.15) is 46.5 Å². The van der Waals surface area contributed by atoms with Gasteiger partial charge in [-0.25, -0.2) is 0 Å². The molecule has 2 rings (SSSR count). The Hall–Kier alpha value is -2.19. The van der Waals surface area contributed by atoms with Crippen molar-refractivity contribution in [1.82, 2.24) is 0 Å². The molecule has 1 aromatic carbocycles. The first-order chi connectivity index (χ1) is 11.6. The summed E-state index contributed by atoms with van der Waals surface area (Å²) in [6, 6.07) is 4.85. The summed E-state index contributed by atoms with van der Waals surface area (Å²) in [7, 11) is 0. The van der Waals surface area contributed by atoms with E-state index in [1.807, 2.05) is 20.8 Å². The molecule has 0 bridgehead atoms. The number of benzene rings is 1. The van der Waals surface area contributed by atoms with E-state index in [0.29, 0.717) is 29.3 Å². The number of amides is 1. The molecule has 0 saturated heterocycles. The Morgan fingerprint density at radius 1 is 1.32 bits per heavy atom. The van der Waals surface area contributed by atoms with Crippen LogP contribution in [0.25, 0.3) is 0 Å². The molecule has 5 nitrogen and oxygen atoms in total. The predicted molar refractivity (Wildman–Crippen MR) is 98.0 cm³/mol. The zero-order chi connectivity index (χ0) is 18.8. The molecule has 134 valence electrons. The molecule has 0 unspecified atom stereocenters. The normalized spacial score (nSPS) is 16.1. The summed E-state index contributed by atoms with van der Waals surface area (Å²) in [5.41, 5.74) is -1.25. The number of rotatable bonds is 4. The number of nitrogens with zero attached hydrogens (tertiary/aromatic N) is 1. The number of hydrogen-bond donors (Lipinski definition) is 0. The maximum atomic E-state index is 12.4. The van der Waals surface area contributed by atoms with Crippen molar-refractivity contribution >= 4 is 29.2 Å². The standard InChI is InChI=1S/C19H22ClNO4/c1-5-16(22)21(19(17(23)24)10-6-7-11-19)13-8-9-15(14(20)12-13)25-18(2,3)4/h1,8-9,12H,6-7,10-11H2,2-4H3,(H,23,24)/p+1. The highest BCUT2D eigenvalue weighted by atomic mass is 35.5. The summed E-state index contributed by atoms with van der Waals surface area (Å²) >= 11 is 6.31. The van der Waals surface area contributed by atoms with Crippen molar-refractivity contribution in [3.8, 4) is 18.1 Å². The Bertz CT molecular complexity index is 724. The molecule has 1 aliphatic carbocycles. The third-order valence-corrected chi connectivity index (χ3v) is 4.49. The van der Waals surface area contributed by atoms with Gasteiger partial charge in [0.05, 0.1) is 5.02 Å². The fourth-order valence-electron chi connectivity index (χ4n) is 3.18. The minimum atomic E-state index is -1.22. The molecule has 0 heterocycles. The van der Waals surface area contributed by atoms with Crippen molar-refractivity contribution in [2.75, 3.05) is 4.90 Å². The Balaban J connectivity index is 2.50. The highest BCUT2D eigenvalue weighted by molar-refractivity contribution is 6.32. The zero-order valence-electron chi connectivity index (χ0n) is 14.7. The highest BCUT2D eigenvalue weighted by Gasteiger charge is 2.54. The molecule has 6 heteroatoms. The molecule has 0 radical (unpaired) electrons. The van der Waals surface area contributed by atoms with Gasteiger partial charge in [0.15, 0.2) is 0 Å². The molecular formula is C19H23ClNO4+. The van der Waals surface area contributed by atoms with Gasteiger partial charge in [-0.2, -0.15) is 0 Å². The van der Waals surface area contributed by atoms with Crippen molar-refractivity contribution in [3.63, 3.8) is 0 Å². The average Bonchev–Trinajstić information content (AvgIpc) is 2.99. The maximum Gasteiger partial charge on any atom is 0.542 e. The predicted octanol–water partition coefficient (Wildman–Crippen LogP) is 3.05. The molecule has 2 N–H and O–H groups in total. The molecule has 0 aliphatic heterocycles. The van der Waals surface area contributed by atoms with Crippen LogP contribution in [0.15, 0.2) is 18.2 Å². The second kappa shape index (κ2) is 6.97. The molecule has 0 aromatic heterocycles. The molecule has 1 aromatic rings. The first-order valence-corrected chi connectivity index (χ1v) is 8.54. The zero-order valence-corrected chi connectivity index (χ0v) is 15.4. The number of hydrogen-bond acceptors (Lipinski definition) is 3. The van der Waals surface area contributed by atoms with E-state index < -0.39 is 23.0 Å². The third kappa shape index (κ3) is 3.91. The van der Waals surface area contributed by atoms with Crippen LogP contribution in [0.3, 0.4) is 0 Å². The lowest BCUT2D eigenvalue weighted by Crippen LogP contribution is -2.55. The van der Waals surface area contributed by atoms with E-state index >= 15 is 0 Å². The van der Waals surface area contributed by atoms with Crippen LogP contribution in [0, 0.1) is 12.3 Å². The smallest absolute Gasteiger partial charge is 0.542 e. The third-order valence-electron chi connectivity index (χ3n) is 4.20. The van der Waals surface area contributed by atoms with Crippen LogP contribution in [-0.2, 0) is 9.59 Å². The summed E-state index contributed by atoms with van der Waals surface area (Å²) in [4.78, 5) is 25.8. The summed E-state index contributed by atoms with van der Waals surface area (Å²) in [6.45, 7) is 5.70. The molecule has 0 spiro atoms. The molecule has 25 heavy (non-hydrogen) atoms.